The molecule has 0 unspecified atom stereocenters. The molecule has 0 aliphatic rings. The maximum atomic E-state index is 4.64. The van der Waals surface area contributed by atoms with E-state index in [9.17, 15) is 0 Å². The number of thiazole rings is 1. The summed E-state index contributed by atoms with van der Waals surface area (Å²) >= 11 is 1.75. The third kappa shape index (κ3) is 4.01. The van der Waals surface area contributed by atoms with Crippen molar-refractivity contribution in [1.82, 2.24) is 4.98 Å². The summed E-state index contributed by atoms with van der Waals surface area (Å²) in [4.78, 5) is 5.86. The van der Waals surface area contributed by atoms with Crippen molar-refractivity contribution in [1.29, 1.82) is 0 Å². The second-order valence-electron chi connectivity index (χ2n) is 8.68. The molecule has 0 amide bonds. The SMILES string of the molecule is CC(C)(C)c1ccc(-c2cnc(-c3ccc(C(C)(C)C)cc3)s2)cc1. The lowest BCUT2D eigenvalue weighted by Gasteiger charge is -2.19. The van der Waals surface area contributed by atoms with E-state index < -0.39 is 0 Å². The molecule has 0 bridgehead atoms. The molecule has 0 fully saturated rings. The van der Waals surface area contributed by atoms with E-state index in [0.29, 0.717) is 0 Å². The minimum atomic E-state index is 0.182. The summed E-state index contributed by atoms with van der Waals surface area (Å²) in [5.74, 6) is 0. The van der Waals surface area contributed by atoms with Crippen molar-refractivity contribution in [3.05, 3.63) is 65.9 Å². The maximum Gasteiger partial charge on any atom is 0.123 e. The van der Waals surface area contributed by atoms with Crippen LogP contribution in [0.4, 0.5) is 0 Å². The van der Waals surface area contributed by atoms with E-state index >= 15 is 0 Å². The minimum absolute atomic E-state index is 0.182. The summed E-state index contributed by atoms with van der Waals surface area (Å²) in [6.45, 7) is 13.5. The predicted octanol–water partition coefficient (Wildman–Crippen LogP) is 7.07. The predicted molar refractivity (Wildman–Crippen MR) is 110 cm³/mol. The molecular weight excluding hydrogens is 322 g/mol. The molecule has 2 heteroatoms. The summed E-state index contributed by atoms with van der Waals surface area (Å²) in [6.07, 6.45) is 1.99. The van der Waals surface area contributed by atoms with Gasteiger partial charge in [-0.25, -0.2) is 4.98 Å². The van der Waals surface area contributed by atoms with E-state index in [4.69, 9.17) is 0 Å². The number of hydrogen-bond acceptors (Lipinski definition) is 2. The zero-order chi connectivity index (χ0) is 18.2. The van der Waals surface area contributed by atoms with Gasteiger partial charge in [0.15, 0.2) is 0 Å². The molecule has 0 saturated heterocycles. The zero-order valence-corrected chi connectivity index (χ0v) is 16.9. The molecule has 1 heterocycles. The van der Waals surface area contributed by atoms with Gasteiger partial charge in [0, 0.05) is 11.8 Å². The van der Waals surface area contributed by atoms with Crippen molar-refractivity contribution in [2.75, 3.05) is 0 Å². The van der Waals surface area contributed by atoms with Gasteiger partial charge in [0.25, 0.3) is 0 Å². The third-order valence-corrected chi connectivity index (χ3v) is 5.63. The van der Waals surface area contributed by atoms with Crippen LogP contribution < -0.4 is 0 Å². The van der Waals surface area contributed by atoms with Crippen molar-refractivity contribution in [2.45, 2.75) is 52.4 Å². The summed E-state index contributed by atoms with van der Waals surface area (Å²) in [6, 6.07) is 17.7. The van der Waals surface area contributed by atoms with E-state index in [2.05, 4.69) is 95.1 Å². The first-order valence-corrected chi connectivity index (χ1v) is 9.64. The lowest BCUT2D eigenvalue weighted by Crippen LogP contribution is -2.10. The fraction of sp³-hybridized carbons (Fsp3) is 0.348. The van der Waals surface area contributed by atoms with E-state index in [1.807, 2.05) is 6.20 Å². The number of hydrogen-bond donors (Lipinski definition) is 0. The molecule has 0 radical (unpaired) electrons. The lowest BCUT2D eigenvalue weighted by molar-refractivity contribution is 0.590. The zero-order valence-electron chi connectivity index (χ0n) is 16.1. The minimum Gasteiger partial charge on any atom is -0.244 e. The van der Waals surface area contributed by atoms with Crippen LogP contribution in [0.2, 0.25) is 0 Å². The van der Waals surface area contributed by atoms with Gasteiger partial charge in [0.2, 0.25) is 0 Å². The fourth-order valence-corrected chi connectivity index (χ4v) is 3.72. The molecule has 0 N–H and O–H groups in total. The maximum absolute atomic E-state index is 4.64. The second-order valence-corrected chi connectivity index (χ2v) is 9.72. The smallest absolute Gasteiger partial charge is 0.123 e. The van der Waals surface area contributed by atoms with Gasteiger partial charge < -0.3 is 0 Å². The quantitative estimate of drug-likeness (QED) is 0.482. The van der Waals surface area contributed by atoms with Gasteiger partial charge >= 0.3 is 0 Å². The second kappa shape index (κ2) is 6.42. The molecule has 0 aliphatic heterocycles. The Hall–Kier alpha value is -1.93. The van der Waals surface area contributed by atoms with Crippen LogP contribution in [0.1, 0.15) is 52.7 Å². The Morgan fingerprint density at radius 3 is 1.52 bits per heavy atom. The van der Waals surface area contributed by atoms with Crippen LogP contribution in [0.5, 0.6) is 0 Å². The molecule has 25 heavy (non-hydrogen) atoms. The van der Waals surface area contributed by atoms with Crippen molar-refractivity contribution in [3.63, 3.8) is 0 Å². The summed E-state index contributed by atoms with van der Waals surface area (Å²) in [5, 5.41) is 1.08. The molecule has 0 saturated carbocycles. The summed E-state index contributed by atoms with van der Waals surface area (Å²) in [7, 11) is 0. The Morgan fingerprint density at radius 1 is 0.640 bits per heavy atom. The highest BCUT2D eigenvalue weighted by atomic mass is 32.1. The Bertz CT molecular complexity index is 769. The van der Waals surface area contributed by atoms with Crippen LogP contribution in [-0.4, -0.2) is 4.98 Å². The highest BCUT2D eigenvalue weighted by Gasteiger charge is 2.15. The first-order valence-electron chi connectivity index (χ1n) is 8.82. The Labute approximate surface area is 155 Å². The standard InChI is InChI=1S/C23H27NS/c1-22(2,3)18-11-7-16(8-12-18)20-15-24-21(25-20)17-9-13-19(14-10-17)23(4,5)6/h7-15H,1-6H3. The van der Waals surface area contributed by atoms with E-state index in [1.54, 1.807) is 11.3 Å². The number of rotatable bonds is 2. The largest absolute Gasteiger partial charge is 0.244 e. The Balaban J connectivity index is 1.85. The van der Waals surface area contributed by atoms with E-state index in [-0.39, 0.29) is 10.8 Å². The van der Waals surface area contributed by atoms with Crippen LogP contribution in [0.3, 0.4) is 0 Å². The molecular formula is C23H27NS. The number of nitrogens with zero attached hydrogens (tertiary/aromatic N) is 1. The first kappa shape index (κ1) is 17.9. The van der Waals surface area contributed by atoms with Crippen molar-refractivity contribution in [2.24, 2.45) is 0 Å². The number of benzene rings is 2. The van der Waals surface area contributed by atoms with Gasteiger partial charge in [0.05, 0.1) is 4.88 Å². The summed E-state index contributed by atoms with van der Waals surface area (Å²) in [5.41, 5.74) is 5.51. The van der Waals surface area contributed by atoms with Crippen LogP contribution in [0.25, 0.3) is 21.0 Å². The average molecular weight is 350 g/mol. The molecule has 1 aromatic heterocycles. The molecule has 2 aromatic carbocycles. The van der Waals surface area contributed by atoms with Crippen LogP contribution >= 0.6 is 11.3 Å². The van der Waals surface area contributed by atoms with E-state index in [0.717, 1.165) is 5.01 Å². The van der Waals surface area contributed by atoms with Gasteiger partial charge in [-0.05, 0) is 27.5 Å². The normalized spacial score (nSPS) is 12.4. The van der Waals surface area contributed by atoms with Crippen molar-refractivity contribution >= 4 is 11.3 Å². The third-order valence-electron chi connectivity index (χ3n) is 4.54. The molecule has 1 nitrogen and oxygen atoms in total. The number of aromatic nitrogens is 1. The molecule has 0 spiro atoms. The first-order chi connectivity index (χ1) is 11.6. The van der Waals surface area contributed by atoms with Crippen molar-refractivity contribution in [3.8, 4) is 21.0 Å². The van der Waals surface area contributed by atoms with Gasteiger partial charge in [0.1, 0.15) is 5.01 Å². The van der Waals surface area contributed by atoms with E-state index in [1.165, 1.54) is 27.1 Å². The lowest BCUT2D eigenvalue weighted by atomic mass is 9.86. The summed E-state index contributed by atoms with van der Waals surface area (Å²) < 4.78 is 0. The highest BCUT2D eigenvalue weighted by Crippen LogP contribution is 2.34. The van der Waals surface area contributed by atoms with Gasteiger partial charge in [-0.3, -0.25) is 0 Å². The average Bonchev–Trinajstić information content (AvgIpc) is 3.03. The highest BCUT2D eigenvalue weighted by molar-refractivity contribution is 7.18. The van der Waals surface area contributed by atoms with Gasteiger partial charge in [-0.15, -0.1) is 11.3 Å². The van der Waals surface area contributed by atoms with Crippen LogP contribution in [-0.2, 0) is 10.8 Å². The molecule has 0 aliphatic carbocycles. The molecule has 130 valence electrons. The van der Waals surface area contributed by atoms with Gasteiger partial charge in [-0.2, -0.15) is 0 Å². The van der Waals surface area contributed by atoms with Gasteiger partial charge in [-0.1, -0.05) is 90.1 Å². The molecule has 0 atom stereocenters. The topological polar surface area (TPSA) is 12.9 Å². The Kier molecular flexibility index (Phi) is 4.59. The molecule has 3 rings (SSSR count). The fourth-order valence-electron chi connectivity index (χ4n) is 2.79. The monoisotopic (exact) mass is 349 g/mol. The van der Waals surface area contributed by atoms with Crippen LogP contribution in [0, 0.1) is 0 Å². The van der Waals surface area contributed by atoms with Crippen LogP contribution in [0.15, 0.2) is 54.7 Å². The Morgan fingerprint density at radius 2 is 1.08 bits per heavy atom. The molecule has 3 aromatic rings. The van der Waals surface area contributed by atoms with Crippen molar-refractivity contribution < 1.29 is 0 Å².